The van der Waals surface area contributed by atoms with E-state index < -0.39 is 0 Å². The Balaban J connectivity index is 1.90. The van der Waals surface area contributed by atoms with Crippen molar-refractivity contribution in [3.8, 4) is 11.4 Å². The number of nitrogens with one attached hydrogen (secondary N) is 2. The molecule has 0 aliphatic carbocycles. The van der Waals surface area contributed by atoms with E-state index in [-0.39, 0.29) is 0 Å². The fourth-order valence-electron chi connectivity index (χ4n) is 2.20. The monoisotopic (exact) mass is 217 g/mol. The summed E-state index contributed by atoms with van der Waals surface area (Å²) in [5.74, 6) is 1.61. The summed E-state index contributed by atoms with van der Waals surface area (Å²) in [4.78, 5) is 7.84. The Labute approximate surface area is 93.9 Å². The summed E-state index contributed by atoms with van der Waals surface area (Å²) in [7, 11) is 1.94. The molecule has 2 N–H and O–H groups in total. The molecule has 84 valence electrons. The second-order valence-electron chi connectivity index (χ2n) is 4.21. The lowest BCUT2D eigenvalue weighted by Gasteiger charge is -2.03. The second kappa shape index (κ2) is 3.75. The first kappa shape index (κ1) is 9.59. The van der Waals surface area contributed by atoms with Gasteiger partial charge in [0.1, 0.15) is 5.82 Å². The van der Waals surface area contributed by atoms with Crippen molar-refractivity contribution in [1.29, 1.82) is 0 Å². The van der Waals surface area contributed by atoms with Crippen molar-refractivity contribution in [2.45, 2.75) is 12.3 Å². The highest BCUT2D eigenvalue weighted by molar-refractivity contribution is 5.53. The molecule has 0 saturated carbocycles. The third kappa shape index (κ3) is 1.53. The Morgan fingerprint density at radius 2 is 2.44 bits per heavy atom. The molecule has 5 heteroatoms. The third-order valence-electron chi connectivity index (χ3n) is 3.14. The van der Waals surface area contributed by atoms with Gasteiger partial charge in [-0.25, -0.2) is 4.98 Å². The van der Waals surface area contributed by atoms with Gasteiger partial charge in [-0.15, -0.1) is 0 Å². The van der Waals surface area contributed by atoms with Crippen LogP contribution >= 0.6 is 0 Å². The summed E-state index contributed by atoms with van der Waals surface area (Å²) in [5.41, 5.74) is 2.12. The maximum absolute atomic E-state index is 4.46. The average molecular weight is 217 g/mol. The van der Waals surface area contributed by atoms with Crippen LogP contribution in [0.2, 0.25) is 0 Å². The Morgan fingerprint density at radius 3 is 3.12 bits per heavy atom. The van der Waals surface area contributed by atoms with Crippen LogP contribution in [-0.2, 0) is 7.05 Å². The topological polar surface area (TPSA) is 58.5 Å². The Morgan fingerprint density at radius 1 is 1.50 bits per heavy atom. The molecule has 1 fully saturated rings. The van der Waals surface area contributed by atoms with Crippen LogP contribution in [0.15, 0.2) is 18.5 Å². The lowest BCUT2D eigenvalue weighted by molar-refractivity contribution is 0.713. The van der Waals surface area contributed by atoms with Gasteiger partial charge >= 0.3 is 0 Å². The van der Waals surface area contributed by atoms with E-state index in [1.54, 1.807) is 6.20 Å². The predicted octanol–water partition coefficient (Wildman–Crippen LogP) is 0.887. The maximum Gasteiger partial charge on any atom is 0.110 e. The van der Waals surface area contributed by atoms with Crippen LogP contribution in [0.25, 0.3) is 11.4 Å². The molecule has 0 aromatic carbocycles. The average Bonchev–Trinajstić information content (AvgIpc) is 2.96. The molecule has 1 aliphatic rings. The van der Waals surface area contributed by atoms with Crippen molar-refractivity contribution in [3.05, 3.63) is 24.3 Å². The summed E-state index contributed by atoms with van der Waals surface area (Å²) in [6.07, 6.45) is 4.86. The zero-order valence-electron chi connectivity index (χ0n) is 9.27. The van der Waals surface area contributed by atoms with Gasteiger partial charge in [0.25, 0.3) is 0 Å². The lowest BCUT2D eigenvalue weighted by Crippen LogP contribution is -2.08. The lowest BCUT2D eigenvalue weighted by atomic mass is 10.1. The van der Waals surface area contributed by atoms with E-state index in [4.69, 9.17) is 0 Å². The van der Waals surface area contributed by atoms with Crippen LogP contribution in [0.4, 0.5) is 0 Å². The molecule has 0 bridgehead atoms. The van der Waals surface area contributed by atoms with Crippen LogP contribution in [0.1, 0.15) is 18.2 Å². The first-order valence-electron chi connectivity index (χ1n) is 5.58. The first-order chi connectivity index (χ1) is 7.84. The standard InChI is InChI=1S/C11H15N5/c1-16-10(3-5-14-16)9-7-13-11(15-9)8-2-4-12-6-8/h3,5,7-8,12H,2,4,6H2,1H3,(H,13,15). The van der Waals surface area contributed by atoms with Gasteiger partial charge in [-0.05, 0) is 19.0 Å². The summed E-state index contributed by atoms with van der Waals surface area (Å²) in [6, 6.07) is 1.99. The molecular formula is C11H15N5. The molecule has 0 radical (unpaired) electrons. The molecule has 1 aliphatic heterocycles. The molecule has 0 amide bonds. The molecule has 3 heterocycles. The zero-order valence-corrected chi connectivity index (χ0v) is 9.27. The fourth-order valence-corrected chi connectivity index (χ4v) is 2.20. The van der Waals surface area contributed by atoms with Crippen LogP contribution in [-0.4, -0.2) is 32.8 Å². The minimum Gasteiger partial charge on any atom is -0.340 e. The first-order valence-corrected chi connectivity index (χ1v) is 5.58. The smallest absolute Gasteiger partial charge is 0.110 e. The molecule has 16 heavy (non-hydrogen) atoms. The van der Waals surface area contributed by atoms with E-state index in [9.17, 15) is 0 Å². The largest absolute Gasteiger partial charge is 0.340 e. The van der Waals surface area contributed by atoms with Gasteiger partial charge in [-0.1, -0.05) is 0 Å². The van der Waals surface area contributed by atoms with Crippen molar-refractivity contribution in [3.63, 3.8) is 0 Å². The highest BCUT2D eigenvalue weighted by atomic mass is 15.3. The van der Waals surface area contributed by atoms with Crippen LogP contribution < -0.4 is 5.32 Å². The molecule has 1 atom stereocenters. The molecule has 2 aromatic heterocycles. The fraction of sp³-hybridized carbons (Fsp3) is 0.455. The van der Waals surface area contributed by atoms with Crippen LogP contribution in [0.5, 0.6) is 0 Å². The zero-order chi connectivity index (χ0) is 11.0. The van der Waals surface area contributed by atoms with Gasteiger partial charge in [0.15, 0.2) is 0 Å². The van der Waals surface area contributed by atoms with Crippen molar-refractivity contribution in [1.82, 2.24) is 25.1 Å². The highest BCUT2D eigenvalue weighted by Crippen LogP contribution is 2.22. The van der Waals surface area contributed by atoms with Crippen molar-refractivity contribution >= 4 is 0 Å². The van der Waals surface area contributed by atoms with Gasteiger partial charge in [0.2, 0.25) is 0 Å². The number of imidazole rings is 1. The molecular weight excluding hydrogens is 202 g/mol. The van der Waals surface area contributed by atoms with E-state index in [0.29, 0.717) is 5.92 Å². The van der Waals surface area contributed by atoms with Crippen molar-refractivity contribution < 1.29 is 0 Å². The molecule has 1 saturated heterocycles. The Kier molecular flexibility index (Phi) is 2.25. The normalized spacial score (nSPS) is 20.4. The number of hydrogen-bond acceptors (Lipinski definition) is 3. The third-order valence-corrected chi connectivity index (χ3v) is 3.14. The van der Waals surface area contributed by atoms with Gasteiger partial charge in [0, 0.05) is 25.7 Å². The van der Waals surface area contributed by atoms with Crippen molar-refractivity contribution in [2.75, 3.05) is 13.1 Å². The number of hydrogen-bond donors (Lipinski definition) is 2. The van der Waals surface area contributed by atoms with Gasteiger partial charge in [-0.3, -0.25) is 4.68 Å². The summed E-state index contributed by atoms with van der Waals surface area (Å²) in [6.45, 7) is 2.12. The molecule has 0 spiro atoms. The molecule has 5 nitrogen and oxygen atoms in total. The van der Waals surface area contributed by atoms with E-state index in [1.165, 1.54) is 6.42 Å². The molecule has 3 rings (SSSR count). The van der Waals surface area contributed by atoms with Crippen LogP contribution in [0.3, 0.4) is 0 Å². The minimum atomic E-state index is 0.530. The number of rotatable bonds is 2. The van der Waals surface area contributed by atoms with Gasteiger partial charge in [-0.2, -0.15) is 5.10 Å². The Hall–Kier alpha value is -1.62. The van der Waals surface area contributed by atoms with E-state index >= 15 is 0 Å². The molecule has 1 unspecified atom stereocenters. The summed E-state index contributed by atoms with van der Waals surface area (Å²) < 4.78 is 1.85. The van der Waals surface area contributed by atoms with Crippen LogP contribution in [0, 0.1) is 0 Å². The van der Waals surface area contributed by atoms with E-state index in [0.717, 1.165) is 30.3 Å². The van der Waals surface area contributed by atoms with Crippen molar-refractivity contribution in [2.24, 2.45) is 7.05 Å². The second-order valence-corrected chi connectivity index (χ2v) is 4.21. The molecule has 2 aromatic rings. The quantitative estimate of drug-likeness (QED) is 0.785. The number of H-pyrrole nitrogens is 1. The SMILES string of the molecule is Cn1nccc1-c1cnc(C2CCNC2)[nH]1. The number of aryl methyl sites for hydroxylation is 1. The van der Waals surface area contributed by atoms with E-state index in [2.05, 4.69) is 20.4 Å². The van der Waals surface area contributed by atoms with Gasteiger partial charge in [0.05, 0.1) is 17.6 Å². The number of nitrogens with zero attached hydrogens (tertiary/aromatic N) is 3. The predicted molar refractivity (Wildman–Crippen MR) is 61.0 cm³/mol. The van der Waals surface area contributed by atoms with E-state index in [1.807, 2.05) is 24.0 Å². The Bertz CT molecular complexity index is 478. The highest BCUT2D eigenvalue weighted by Gasteiger charge is 2.19. The minimum absolute atomic E-state index is 0.530. The summed E-state index contributed by atoms with van der Waals surface area (Å²) in [5, 5.41) is 7.50. The van der Waals surface area contributed by atoms with Gasteiger partial charge < -0.3 is 10.3 Å². The maximum atomic E-state index is 4.46. The number of aromatic amines is 1. The summed E-state index contributed by atoms with van der Waals surface area (Å²) >= 11 is 0. The number of aromatic nitrogens is 4.